The molecule has 0 bridgehead atoms. The number of carbonyl (C=O) groups excluding carboxylic acids is 1. The predicted octanol–water partition coefficient (Wildman–Crippen LogP) is 7.15. The molecule has 0 radical (unpaired) electrons. The van der Waals surface area contributed by atoms with Gasteiger partial charge in [-0.25, -0.2) is 14.2 Å². The molecule has 0 amide bonds. The lowest BCUT2D eigenvalue weighted by atomic mass is 9.94. The maximum atomic E-state index is 15.2. The zero-order valence-corrected chi connectivity index (χ0v) is 22.7. The van der Waals surface area contributed by atoms with E-state index in [1.807, 2.05) is 24.3 Å². The van der Waals surface area contributed by atoms with Gasteiger partial charge in [0, 0.05) is 31.0 Å². The molecule has 204 valence electrons. The molecule has 2 heterocycles. The van der Waals surface area contributed by atoms with E-state index >= 15 is 4.39 Å². The van der Waals surface area contributed by atoms with Crippen molar-refractivity contribution in [2.24, 2.45) is 0 Å². The van der Waals surface area contributed by atoms with Crippen molar-refractivity contribution in [2.45, 2.75) is 64.1 Å². The summed E-state index contributed by atoms with van der Waals surface area (Å²) in [4.78, 5) is 19.8. The summed E-state index contributed by atoms with van der Waals surface area (Å²) in [5, 5.41) is 0. The van der Waals surface area contributed by atoms with E-state index in [4.69, 9.17) is 20.8 Å². The molecule has 1 aliphatic heterocycles. The van der Waals surface area contributed by atoms with Gasteiger partial charge in [-0.05, 0) is 73.2 Å². The summed E-state index contributed by atoms with van der Waals surface area (Å²) in [5.74, 6) is 6.57. The maximum Gasteiger partial charge on any atom is 0.247 e. The topological polar surface area (TPSA) is 62.0 Å². The minimum atomic E-state index is -0.436. The second-order valence-corrected chi connectivity index (χ2v) is 10.1. The number of ether oxygens (including phenoxy) is 3. The molecular formula is C33H31FN2O4. The van der Waals surface area contributed by atoms with Crippen molar-refractivity contribution in [1.82, 2.24) is 4.98 Å². The number of hydrogen-bond donors (Lipinski definition) is 0. The van der Waals surface area contributed by atoms with Crippen molar-refractivity contribution < 1.29 is 23.4 Å². The first-order valence-corrected chi connectivity index (χ1v) is 13.6. The molecule has 1 aliphatic carbocycles. The van der Waals surface area contributed by atoms with Gasteiger partial charge < -0.3 is 14.2 Å². The second-order valence-electron chi connectivity index (χ2n) is 10.1. The minimum Gasteiger partial charge on any atom is -0.486 e. The Labute approximate surface area is 234 Å². The van der Waals surface area contributed by atoms with Crippen LogP contribution in [-0.2, 0) is 16.0 Å². The van der Waals surface area contributed by atoms with Crippen molar-refractivity contribution in [1.29, 1.82) is 0 Å². The molecule has 1 fully saturated rings. The summed E-state index contributed by atoms with van der Waals surface area (Å²) in [6, 6.07) is 12.5. The summed E-state index contributed by atoms with van der Waals surface area (Å²) in [6.45, 7) is 12.3. The van der Waals surface area contributed by atoms with Crippen molar-refractivity contribution in [2.75, 3.05) is 13.2 Å². The van der Waals surface area contributed by atoms with Gasteiger partial charge >= 0.3 is 0 Å². The van der Waals surface area contributed by atoms with Gasteiger partial charge in [-0.2, -0.15) is 0 Å². The number of hydrogen-bond acceptors (Lipinski definition) is 5. The molecule has 2 aliphatic rings. The van der Waals surface area contributed by atoms with Gasteiger partial charge in [-0.1, -0.05) is 24.1 Å². The van der Waals surface area contributed by atoms with Crippen LogP contribution in [0.2, 0.25) is 0 Å². The van der Waals surface area contributed by atoms with Crippen LogP contribution in [0, 0.1) is 24.2 Å². The van der Waals surface area contributed by atoms with Crippen molar-refractivity contribution >= 4 is 11.5 Å². The van der Waals surface area contributed by atoms with Gasteiger partial charge in [-0.3, -0.25) is 4.79 Å². The molecule has 3 aromatic rings. The summed E-state index contributed by atoms with van der Waals surface area (Å²) in [7, 11) is 0. The summed E-state index contributed by atoms with van der Waals surface area (Å²) >= 11 is 0. The maximum absolute atomic E-state index is 15.2. The van der Waals surface area contributed by atoms with Gasteiger partial charge in [0.15, 0.2) is 0 Å². The average Bonchev–Trinajstić information content (AvgIpc) is 3.38. The van der Waals surface area contributed by atoms with E-state index in [-0.39, 0.29) is 23.6 Å². The molecule has 1 aromatic heterocycles. The van der Waals surface area contributed by atoms with Crippen LogP contribution in [0.5, 0.6) is 11.6 Å². The molecule has 0 N–H and O–H groups in total. The zero-order valence-electron chi connectivity index (χ0n) is 22.7. The first-order valence-electron chi connectivity index (χ1n) is 13.6. The fraction of sp³-hybridized carbons (Fsp3) is 0.364. The highest BCUT2D eigenvalue weighted by molar-refractivity contribution is 5.77. The predicted molar refractivity (Wildman–Crippen MR) is 150 cm³/mol. The molecule has 0 saturated carbocycles. The number of carbonyl (C=O) groups is 1. The molecule has 40 heavy (non-hydrogen) atoms. The normalized spacial score (nSPS) is 17.2. The molecule has 0 unspecified atom stereocenters. The Hall–Kier alpha value is -4.20. The fourth-order valence-corrected chi connectivity index (χ4v) is 5.43. The van der Waals surface area contributed by atoms with Gasteiger partial charge in [0.1, 0.15) is 29.6 Å². The van der Waals surface area contributed by atoms with E-state index in [2.05, 4.69) is 21.7 Å². The number of pyridine rings is 1. The van der Waals surface area contributed by atoms with Gasteiger partial charge in [0.2, 0.25) is 11.6 Å². The van der Waals surface area contributed by atoms with E-state index in [9.17, 15) is 4.79 Å². The summed E-state index contributed by atoms with van der Waals surface area (Å²) in [5.41, 5.74) is 4.29. The van der Waals surface area contributed by atoms with Crippen LogP contribution >= 0.6 is 0 Å². The third-order valence-corrected chi connectivity index (χ3v) is 7.36. The molecule has 6 nitrogen and oxygen atoms in total. The number of aromatic nitrogens is 1. The standard InChI is InChI=1S/C33H31FN2O4/c1-4-5-23(18-21(2)37)22-6-8-25(9-7-22)39-31-13-11-28-27(10-12-29(34)32(28)31)24-19-30(35-3)33(36-20-24)40-26-14-16-38-17-15-26/h6-10,12,19-20,23,26,31H,11,13-18H2,1-2H3/t23-,31+/m0/s1. The van der Waals surface area contributed by atoms with Crippen LogP contribution in [-0.4, -0.2) is 30.1 Å². The van der Waals surface area contributed by atoms with Gasteiger partial charge in [0.05, 0.1) is 25.7 Å². The summed E-state index contributed by atoms with van der Waals surface area (Å²) in [6.07, 6.45) is 4.41. The average molecular weight is 539 g/mol. The van der Waals surface area contributed by atoms with Crippen molar-refractivity contribution in [3.63, 3.8) is 0 Å². The lowest BCUT2D eigenvalue weighted by molar-refractivity contribution is -0.117. The quantitative estimate of drug-likeness (QED) is 0.225. The number of rotatable bonds is 8. The van der Waals surface area contributed by atoms with Crippen LogP contribution in [0.1, 0.15) is 68.2 Å². The highest BCUT2D eigenvalue weighted by Crippen LogP contribution is 2.43. The molecule has 7 heteroatoms. The summed E-state index contributed by atoms with van der Waals surface area (Å²) < 4.78 is 32.8. The van der Waals surface area contributed by atoms with Crippen LogP contribution in [0.15, 0.2) is 48.7 Å². The Kier molecular flexibility index (Phi) is 8.43. The van der Waals surface area contributed by atoms with Crippen LogP contribution in [0.3, 0.4) is 0 Å². The lowest BCUT2D eigenvalue weighted by Gasteiger charge is -2.23. The highest BCUT2D eigenvalue weighted by Gasteiger charge is 2.30. The molecule has 5 rings (SSSR count). The number of halogens is 1. The molecule has 2 atom stereocenters. The molecule has 0 spiro atoms. The van der Waals surface area contributed by atoms with Crippen LogP contribution in [0.4, 0.5) is 10.1 Å². The monoisotopic (exact) mass is 538 g/mol. The van der Waals surface area contributed by atoms with Gasteiger partial charge in [0.25, 0.3) is 0 Å². The Morgan fingerprint density at radius 3 is 2.65 bits per heavy atom. The Balaban J connectivity index is 1.37. The Morgan fingerprint density at radius 2 is 1.95 bits per heavy atom. The molecule has 2 aromatic carbocycles. The van der Waals surface area contributed by atoms with E-state index in [0.29, 0.717) is 55.4 Å². The van der Waals surface area contributed by atoms with E-state index in [1.165, 1.54) is 6.07 Å². The van der Waals surface area contributed by atoms with Crippen LogP contribution < -0.4 is 9.47 Å². The zero-order chi connectivity index (χ0) is 28.1. The number of Topliss-reactive ketones (excluding diaryl/α,β-unsaturated/α-hetero) is 1. The van der Waals surface area contributed by atoms with Crippen molar-refractivity contribution in [3.8, 4) is 34.6 Å². The number of ketones is 1. The van der Waals surface area contributed by atoms with E-state index < -0.39 is 6.10 Å². The Morgan fingerprint density at radius 1 is 1.18 bits per heavy atom. The lowest BCUT2D eigenvalue weighted by Crippen LogP contribution is -2.26. The van der Waals surface area contributed by atoms with Crippen molar-refractivity contribution in [3.05, 3.63) is 82.6 Å². The minimum absolute atomic E-state index is 0.0192. The van der Waals surface area contributed by atoms with E-state index in [0.717, 1.165) is 35.1 Å². The van der Waals surface area contributed by atoms with Crippen LogP contribution in [0.25, 0.3) is 16.0 Å². The highest BCUT2D eigenvalue weighted by atomic mass is 19.1. The van der Waals surface area contributed by atoms with E-state index in [1.54, 1.807) is 32.2 Å². The first-order chi connectivity index (χ1) is 19.5. The number of nitrogens with zero attached hydrogens (tertiary/aromatic N) is 2. The largest absolute Gasteiger partial charge is 0.486 e. The molecular weight excluding hydrogens is 507 g/mol. The number of benzene rings is 2. The Bertz CT molecular complexity index is 1490. The smallest absolute Gasteiger partial charge is 0.247 e. The number of fused-ring (bicyclic) bond motifs is 1. The fourth-order valence-electron chi connectivity index (χ4n) is 5.43. The van der Waals surface area contributed by atoms with Gasteiger partial charge in [-0.15, -0.1) is 5.92 Å². The third kappa shape index (κ3) is 6.01. The SMILES string of the molecule is [C-]#[N+]c1cc(-c2ccc(F)c3c2CC[C@H]3Oc2ccc([C@@H](C#CC)CC(C)=O)cc2)cnc1OC1CCOCC1. The molecule has 1 saturated heterocycles. The third-order valence-electron chi connectivity index (χ3n) is 7.36. The second kappa shape index (κ2) is 12.3. The first kappa shape index (κ1) is 27.4.